The topological polar surface area (TPSA) is 76.0 Å². The second-order valence-electron chi connectivity index (χ2n) is 6.13. The summed E-state index contributed by atoms with van der Waals surface area (Å²) in [5, 5.41) is 9.86. The summed E-state index contributed by atoms with van der Waals surface area (Å²) < 4.78 is 13.3. The van der Waals surface area contributed by atoms with Crippen molar-refractivity contribution in [2.75, 3.05) is 12.3 Å². The van der Waals surface area contributed by atoms with Gasteiger partial charge in [0.15, 0.2) is 0 Å². The number of amides is 2. The molecule has 21 heavy (non-hydrogen) atoms. The van der Waals surface area contributed by atoms with E-state index in [2.05, 4.69) is 15.7 Å². The molecule has 0 aromatic carbocycles. The first-order chi connectivity index (χ1) is 9.61. The molecule has 2 amide bonds. The molecule has 120 valence electrons. The molecule has 7 heteroatoms. The Kier molecular flexibility index (Phi) is 5.95. The van der Waals surface area contributed by atoms with Gasteiger partial charge < -0.3 is 10.6 Å². The van der Waals surface area contributed by atoms with Crippen LogP contribution in [0, 0.1) is 6.92 Å². The van der Waals surface area contributed by atoms with Gasteiger partial charge in [0.2, 0.25) is 0 Å². The van der Waals surface area contributed by atoms with Gasteiger partial charge in [0.05, 0.1) is 11.7 Å². The van der Waals surface area contributed by atoms with E-state index in [1.807, 2.05) is 47.9 Å². The van der Waals surface area contributed by atoms with Crippen molar-refractivity contribution in [3.8, 4) is 0 Å². The molecule has 0 radical (unpaired) electrons. The van der Waals surface area contributed by atoms with Crippen LogP contribution in [0.4, 0.5) is 4.79 Å². The van der Waals surface area contributed by atoms with Gasteiger partial charge in [-0.05, 0) is 34.6 Å². The Labute approximate surface area is 129 Å². The minimum absolute atomic E-state index is 0.119. The minimum Gasteiger partial charge on any atom is -0.337 e. The zero-order valence-corrected chi connectivity index (χ0v) is 14.5. The largest absolute Gasteiger partial charge is 0.337 e. The van der Waals surface area contributed by atoms with Gasteiger partial charge in [-0.1, -0.05) is 0 Å². The Morgan fingerprint density at radius 2 is 2.10 bits per heavy atom. The second-order valence-corrected chi connectivity index (χ2v) is 8.45. The average molecular weight is 314 g/mol. The maximum atomic E-state index is 11.9. The highest BCUT2D eigenvalue weighted by Crippen LogP contribution is 2.15. The van der Waals surface area contributed by atoms with E-state index >= 15 is 0 Å². The zero-order valence-electron chi connectivity index (χ0n) is 13.7. The van der Waals surface area contributed by atoms with E-state index in [9.17, 15) is 9.00 Å². The van der Waals surface area contributed by atoms with Crippen molar-refractivity contribution < 1.29 is 9.00 Å². The molecule has 0 saturated heterocycles. The molecule has 2 N–H and O–H groups in total. The van der Waals surface area contributed by atoms with Crippen LogP contribution < -0.4 is 10.6 Å². The first-order valence-corrected chi connectivity index (χ1v) is 8.36. The van der Waals surface area contributed by atoms with Gasteiger partial charge in [-0.15, -0.1) is 0 Å². The highest BCUT2D eigenvalue weighted by Gasteiger charge is 2.19. The van der Waals surface area contributed by atoms with E-state index in [1.54, 1.807) is 4.68 Å². The van der Waals surface area contributed by atoms with Crippen molar-refractivity contribution in [3.05, 3.63) is 17.5 Å². The number of hydrogen-bond donors (Lipinski definition) is 2. The molecule has 0 bridgehead atoms. The lowest BCUT2D eigenvalue weighted by atomic mass is 10.1. The predicted octanol–water partition coefficient (Wildman–Crippen LogP) is 1.64. The number of hydrogen-bond acceptors (Lipinski definition) is 3. The second kappa shape index (κ2) is 7.06. The number of aryl methyl sites for hydroxylation is 2. The van der Waals surface area contributed by atoms with Crippen LogP contribution in [0.1, 0.15) is 45.0 Å². The van der Waals surface area contributed by atoms with Gasteiger partial charge in [0.25, 0.3) is 0 Å². The predicted molar refractivity (Wildman–Crippen MR) is 85.7 cm³/mol. The quantitative estimate of drug-likeness (QED) is 0.867. The van der Waals surface area contributed by atoms with Gasteiger partial charge in [-0.3, -0.25) is 8.89 Å². The highest BCUT2D eigenvalue weighted by atomic mass is 32.2. The van der Waals surface area contributed by atoms with Crippen molar-refractivity contribution in [2.45, 2.75) is 45.4 Å². The molecule has 1 heterocycles. The van der Waals surface area contributed by atoms with Gasteiger partial charge >= 0.3 is 6.03 Å². The Morgan fingerprint density at radius 3 is 2.57 bits per heavy atom. The average Bonchev–Trinajstić information content (AvgIpc) is 2.67. The molecule has 0 spiro atoms. The van der Waals surface area contributed by atoms with Crippen LogP contribution in [-0.2, 0) is 17.8 Å². The molecule has 1 rings (SSSR count). The summed E-state index contributed by atoms with van der Waals surface area (Å²) in [6.45, 7) is 10.0. The first-order valence-electron chi connectivity index (χ1n) is 7.04. The number of nitrogens with zero attached hydrogens (tertiary/aromatic N) is 2. The van der Waals surface area contributed by atoms with E-state index in [0.717, 1.165) is 11.3 Å². The summed E-state index contributed by atoms with van der Waals surface area (Å²) in [6.07, 6.45) is 1.90. The Balaban J connectivity index is 2.41. The maximum absolute atomic E-state index is 11.9. The molecule has 0 unspecified atom stereocenters. The molecule has 0 saturated carbocycles. The molecule has 6 nitrogen and oxygen atoms in total. The summed E-state index contributed by atoms with van der Waals surface area (Å²) >= 11 is 0. The third-order valence-electron chi connectivity index (χ3n) is 3.12. The van der Waals surface area contributed by atoms with E-state index in [-0.39, 0.29) is 16.8 Å². The van der Waals surface area contributed by atoms with Crippen molar-refractivity contribution >= 4 is 16.8 Å². The van der Waals surface area contributed by atoms with Gasteiger partial charge in [0.1, 0.15) is 0 Å². The van der Waals surface area contributed by atoms with E-state index in [4.69, 9.17) is 0 Å². The highest BCUT2D eigenvalue weighted by molar-refractivity contribution is 7.86. The lowest BCUT2D eigenvalue weighted by molar-refractivity contribution is 0.238. The van der Waals surface area contributed by atoms with Crippen LogP contribution in [0.2, 0.25) is 0 Å². The fourth-order valence-corrected chi connectivity index (χ4v) is 2.83. The van der Waals surface area contributed by atoms with Crippen molar-refractivity contribution in [1.82, 2.24) is 20.4 Å². The van der Waals surface area contributed by atoms with Crippen molar-refractivity contribution in [2.24, 2.45) is 7.05 Å². The Bertz CT molecular complexity index is 520. The lowest BCUT2D eigenvalue weighted by Crippen LogP contribution is -2.40. The van der Waals surface area contributed by atoms with Gasteiger partial charge in [0, 0.05) is 46.7 Å². The number of rotatable bonds is 5. The number of urea groups is 1. The summed E-state index contributed by atoms with van der Waals surface area (Å²) in [5.74, 6) is 0.456. The van der Waals surface area contributed by atoms with Gasteiger partial charge in [-0.2, -0.15) is 5.10 Å². The van der Waals surface area contributed by atoms with Crippen LogP contribution in [0.3, 0.4) is 0 Å². The van der Waals surface area contributed by atoms with Gasteiger partial charge in [-0.25, -0.2) is 4.79 Å². The number of nitrogens with one attached hydrogen (secondary N) is 2. The summed E-state index contributed by atoms with van der Waals surface area (Å²) in [5.41, 5.74) is 1.89. The molecular weight excluding hydrogens is 288 g/mol. The third-order valence-corrected chi connectivity index (χ3v) is 5.06. The van der Waals surface area contributed by atoms with Crippen LogP contribution in [0.5, 0.6) is 0 Å². The Hall–Kier alpha value is -1.37. The fourth-order valence-electron chi connectivity index (χ4n) is 1.93. The summed E-state index contributed by atoms with van der Waals surface area (Å²) in [7, 11) is 0.894. The minimum atomic E-state index is -0.959. The van der Waals surface area contributed by atoms with E-state index in [0.29, 0.717) is 12.3 Å². The Morgan fingerprint density at radius 1 is 1.48 bits per heavy atom. The first kappa shape index (κ1) is 17.7. The zero-order chi connectivity index (χ0) is 16.2. The van der Waals surface area contributed by atoms with Crippen LogP contribution >= 0.6 is 0 Å². The maximum Gasteiger partial charge on any atom is 0.315 e. The number of carbonyl (C=O) groups is 1. The monoisotopic (exact) mass is 314 g/mol. The number of carbonyl (C=O) groups excluding carboxylic acids is 1. The SMILES string of the molecule is Cc1nn(C)cc1[C@H](C)NC(=O)NCC[S@@](=O)C(C)(C)C. The standard InChI is InChI=1S/C14H26N4O2S/c1-10(12-9-18(6)17-11(12)2)16-13(19)15-7-8-21(20)14(3,4)5/h9-10H,7-8H2,1-6H3,(H2,15,16,19)/t10-,21+/m0/s1. The van der Waals surface area contributed by atoms with E-state index < -0.39 is 10.8 Å². The molecular formula is C14H26N4O2S. The van der Waals surface area contributed by atoms with E-state index in [1.165, 1.54) is 0 Å². The molecule has 1 aromatic rings. The third kappa shape index (κ3) is 5.49. The van der Waals surface area contributed by atoms with Crippen LogP contribution in [0.15, 0.2) is 6.20 Å². The molecule has 2 atom stereocenters. The van der Waals surface area contributed by atoms with Crippen molar-refractivity contribution in [3.63, 3.8) is 0 Å². The molecule has 0 fully saturated rings. The van der Waals surface area contributed by atoms with Crippen LogP contribution in [-0.4, -0.2) is 37.1 Å². The molecule has 0 aliphatic rings. The lowest BCUT2D eigenvalue weighted by Gasteiger charge is -2.18. The summed E-state index contributed by atoms with van der Waals surface area (Å²) in [6, 6.07) is -0.372. The van der Waals surface area contributed by atoms with Crippen LogP contribution in [0.25, 0.3) is 0 Å². The van der Waals surface area contributed by atoms with Crippen molar-refractivity contribution in [1.29, 1.82) is 0 Å². The molecule has 0 aliphatic heterocycles. The normalized spacial score (nSPS) is 14.6. The molecule has 1 aromatic heterocycles. The fraction of sp³-hybridized carbons (Fsp3) is 0.714. The molecule has 0 aliphatic carbocycles. The number of aromatic nitrogens is 2. The smallest absolute Gasteiger partial charge is 0.315 e. The summed E-state index contributed by atoms with van der Waals surface area (Å²) in [4.78, 5) is 11.8.